The van der Waals surface area contributed by atoms with E-state index in [4.69, 9.17) is 5.73 Å². The molecule has 3 rings (SSSR count). The van der Waals surface area contributed by atoms with Crippen molar-refractivity contribution in [3.05, 3.63) is 42.2 Å². The smallest absolute Gasteiger partial charge is 0.220 e. The van der Waals surface area contributed by atoms with Crippen LogP contribution in [-0.2, 0) is 7.05 Å². The summed E-state index contributed by atoms with van der Waals surface area (Å²) in [6.07, 6.45) is 2.05. The highest BCUT2D eigenvalue weighted by Crippen LogP contribution is 2.24. The molecule has 90 valence electrons. The molecule has 0 aliphatic carbocycles. The van der Waals surface area contributed by atoms with Crippen LogP contribution < -0.4 is 5.73 Å². The van der Waals surface area contributed by atoms with Crippen LogP contribution in [0.4, 0.5) is 5.95 Å². The van der Waals surface area contributed by atoms with Gasteiger partial charge in [-0.2, -0.15) is 0 Å². The van der Waals surface area contributed by atoms with E-state index in [1.165, 1.54) is 10.9 Å². The molecule has 0 unspecified atom stereocenters. The average molecular weight is 238 g/mol. The molecule has 0 radical (unpaired) electrons. The van der Waals surface area contributed by atoms with Crippen LogP contribution in [-0.4, -0.2) is 14.5 Å². The van der Waals surface area contributed by atoms with Crippen LogP contribution in [0.25, 0.3) is 22.2 Å². The molecule has 1 aromatic carbocycles. The van der Waals surface area contributed by atoms with Gasteiger partial charge < -0.3 is 10.3 Å². The number of fused-ring (bicyclic) bond motifs is 1. The largest absolute Gasteiger partial charge is 0.368 e. The highest BCUT2D eigenvalue weighted by molar-refractivity contribution is 5.85. The van der Waals surface area contributed by atoms with Gasteiger partial charge in [0.15, 0.2) is 0 Å². The van der Waals surface area contributed by atoms with Crippen molar-refractivity contribution < 1.29 is 0 Å². The molecule has 0 atom stereocenters. The van der Waals surface area contributed by atoms with Gasteiger partial charge in [0.25, 0.3) is 0 Å². The van der Waals surface area contributed by atoms with E-state index in [0.717, 1.165) is 17.0 Å². The molecule has 4 nitrogen and oxygen atoms in total. The number of hydrogen-bond acceptors (Lipinski definition) is 3. The van der Waals surface area contributed by atoms with Gasteiger partial charge in [0.1, 0.15) is 0 Å². The molecule has 2 N–H and O–H groups in total. The fourth-order valence-corrected chi connectivity index (χ4v) is 2.18. The second-order valence-corrected chi connectivity index (χ2v) is 4.45. The Kier molecular flexibility index (Phi) is 2.30. The second-order valence-electron chi connectivity index (χ2n) is 4.45. The van der Waals surface area contributed by atoms with Crippen molar-refractivity contribution >= 4 is 16.9 Å². The summed E-state index contributed by atoms with van der Waals surface area (Å²) in [7, 11) is 2.04. The summed E-state index contributed by atoms with van der Waals surface area (Å²) in [5.41, 5.74) is 9.70. The molecule has 0 fully saturated rings. The number of aryl methyl sites for hydroxylation is 2. The highest BCUT2D eigenvalue weighted by atomic mass is 15.0. The summed E-state index contributed by atoms with van der Waals surface area (Å²) in [6, 6.07) is 10.3. The fourth-order valence-electron chi connectivity index (χ4n) is 2.18. The van der Waals surface area contributed by atoms with Crippen molar-refractivity contribution in [3.8, 4) is 11.3 Å². The van der Waals surface area contributed by atoms with Gasteiger partial charge in [-0.3, -0.25) is 0 Å². The summed E-state index contributed by atoms with van der Waals surface area (Å²) < 4.78 is 2.10. The zero-order valence-electron chi connectivity index (χ0n) is 10.4. The predicted molar refractivity (Wildman–Crippen MR) is 73.1 cm³/mol. The van der Waals surface area contributed by atoms with Crippen molar-refractivity contribution in [2.45, 2.75) is 6.92 Å². The maximum atomic E-state index is 5.69. The molecule has 4 heteroatoms. The van der Waals surface area contributed by atoms with Crippen LogP contribution in [0, 0.1) is 6.92 Å². The van der Waals surface area contributed by atoms with Crippen molar-refractivity contribution in [1.29, 1.82) is 0 Å². The van der Waals surface area contributed by atoms with E-state index in [9.17, 15) is 0 Å². The first-order valence-corrected chi connectivity index (χ1v) is 5.80. The molecule has 0 saturated heterocycles. The Morgan fingerprint density at radius 2 is 1.94 bits per heavy atom. The lowest BCUT2D eigenvalue weighted by Crippen LogP contribution is -1.98. The van der Waals surface area contributed by atoms with Crippen LogP contribution in [0.1, 0.15) is 5.69 Å². The Bertz CT molecular complexity index is 707. The minimum atomic E-state index is 0.318. The lowest BCUT2D eigenvalue weighted by atomic mass is 10.1. The number of aromatic nitrogens is 3. The maximum absolute atomic E-state index is 5.69. The normalized spacial score (nSPS) is 11.0. The molecular weight excluding hydrogens is 224 g/mol. The van der Waals surface area contributed by atoms with Gasteiger partial charge in [-0.15, -0.1) is 0 Å². The van der Waals surface area contributed by atoms with E-state index < -0.39 is 0 Å². The van der Waals surface area contributed by atoms with E-state index >= 15 is 0 Å². The lowest BCUT2D eigenvalue weighted by Gasteiger charge is -2.04. The van der Waals surface area contributed by atoms with E-state index in [-0.39, 0.29) is 0 Å². The van der Waals surface area contributed by atoms with Crippen molar-refractivity contribution in [1.82, 2.24) is 14.5 Å². The number of anilines is 1. The van der Waals surface area contributed by atoms with Crippen molar-refractivity contribution in [2.24, 2.45) is 7.05 Å². The molecule has 2 aromatic heterocycles. The SMILES string of the molecule is Cc1cc(-c2ccc3c(ccn3C)c2)nc(N)n1. The number of hydrogen-bond donors (Lipinski definition) is 1. The Balaban J connectivity index is 2.18. The molecule has 0 aliphatic heterocycles. The van der Waals surface area contributed by atoms with Gasteiger partial charge in [-0.25, -0.2) is 9.97 Å². The third kappa shape index (κ3) is 1.72. The van der Waals surface area contributed by atoms with Gasteiger partial charge in [0.2, 0.25) is 5.95 Å². The Hall–Kier alpha value is -2.36. The molecule has 0 saturated carbocycles. The number of rotatable bonds is 1. The van der Waals surface area contributed by atoms with Gasteiger partial charge >= 0.3 is 0 Å². The average Bonchev–Trinajstić information content (AvgIpc) is 2.69. The highest BCUT2D eigenvalue weighted by Gasteiger charge is 2.05. The summed E-state index contributed by atoms with van der Waals surface area (Å²) in [5.74, 6) is 0.318. The summed E-state index contributed by atoms with van der Waals surface area (Å²) in [6.45, 7) is 1.92. The molecule has 0 spiro atoms. The third-order valence-electron chi connectivity index (χ3n) is 3.05. The van der Waals surface area contributed by atoms with Crippen LogP contribution in [0.5, 0.6) is 0 Å². The number of nitrogen functional groups attached to an aromatic ring is 1. The van der Waals surface area contributed by atoms with E-state index in [1.807, 2.05) is 26.2 Å². The molecule has 0 amide bonds. The minimum Gasteiger partial charge on any atom is -0.368 e. The third-order valence-corrected chi connectivity index (χ3v) is 3.05. The monoisotopic (exact) mass is 238 g/mol. The van der Waals surface area contributed by atoms with Crippen LogP contribution in [0.2, 0.25) is 0 Å². The summed E-state index contributed by atoms with van der Waals surface area (Å²) in [5, 5.41) is 1.20. The molecular formula is C14H14N4. The lowest BCUT2D eigenvalue weighted by molar-refractivity contribution is 0.969. The maximum Gasteiger partial charge on any atom is 0.220 e. The summed E-state index contributed by atoms with van der Waals surface area (Å²) in [4.78, 5) is 8.37. The first-order valence-electron chi connectivity index (χ1n) is 5.80. The van der Waals surface area contributed by atoms with E-state index in [0.29, 0.717) is 5.95 Å². The molecule has 0 aliphatic rings. The number of nitrogens with two attached hydrogens (primary N) is 1. The minimum absolute atomic E-state index is 0.318. The van der Waals surface area contributed by atoms with E-state index in [1.54, 1.807) is 0 Å². The zero-order valence-corrected chi connectivity index (χ0v) is 10.4. The Labute approximate surface area is 105 Å². The van der Waals surface area contributed by atoms with E-state index in [2.05, 4.69) is 38.8 Å². The Morgan fingerprint density at radius 3 is 2.72 bits per heavy atom. The quantitative estimate of drug-likeness (QED) is 0.708. The van der Waals surface area contributed by atoms with Crippen molar-refractivity contribution in [3.63, 3.8) is 0 Å². The molecule has 0 bridgehead atoms. The van der Waals surface area contributed by atoms with Gasteiger partial charge in [0, 0.05) is 35.4 Å². The Morgan fingerprint density at radius 1 is 1.11 bits per heavy atom. The van der Waals surface area contributed by atoms with Gasteiger partial charge in [-0.1, -0.05) is 6.07 Å². The van der Waals surface area contributed by atoms with Gasteiger partial charge in [-0.05, 0) is 31.2 Å². The predicted octanol–water partition coefficient (Wildman–Crippen LogP) is 2.53. The molecule has 2 heterocycles. The first-order chi connectivity index (χ1) is 8.63. The fraction of sp³-hybridized carbons (Fsp3) is 0.143. The zero-order chi connectivity index (χ0) is 12.7. The van der Waals surface area contributed by atoms with Gasteiger partial charge in [0.05, 0.1) is 5.69 Å². The second kappa shape index (κ2) is 3.84. The first kappa shape index (κ1) is 10.8. The number of benzene rings is 1. The van der Waals surface area contributed by atoms with Crippen LogP contribution in [0.15, 0.2) is 36.5 Å². The van der Waals surface area contributed by atoms with Crippen molar-refractivity contribution in [2.75, 3.05) is 5.73 Å². The summed E-state index contributed by atoms with van der Waals surface area (Å²) >= 11 is 0. The van der Waals surface area contributed by atoms with Crippen LogP contribution >= 0.6 is 0 Å². The van der Waals surface area contributed by atoms with Crippen LogP contribution in [0.3, 0.4) is 0 Å². The number of nitrogens with zero attached hydrogens (tertiary/aromatic N) is 3. The standard InChI is InChI=1S/C14H14N4/c1-9-7-12(17-14(15)16-9)10-3-4-13-11(8-10)5-6-18(13)2/h3-8H,1-2H3,(H2,15,16,17). The topological polar surface area (TPSA) is 56.7 Å². The molecule has 18 heavy (non-hydrogen) atoms. The molecule has 3 aromatic rings.